The fourth-order valence-electron chi connectivity index (χ4n) is 7.26. The highest BCUT2D eigenvalue weighted by Gasteiger charge is 2.43. The second kappa shape index (κ2) is 18.3. The molecule has 48 heavy (non-hydrogen) atoms. The summed E-state index contributed by atoms with van der Waals surface area (Å²) in [6.07, 6.45) is 2.44. The highest BCUT2D eigenvalue weighted by molar-refractivity contribution is 7.86. The summed E-state index contributed by atoms with van der Waals surface area (Å²) in [6.45, 7) is 4.68. The third-order valence-electron chi connectivity index (χ3n) is 9.59. The van der Waals surface area contributed by atoms with Gasteiger partial charge in [-0.15, -0.1) is 0 Å². The van der Waals surface area contributed by atoms with E-state index in [9.17, 15) is 35.8 Å². The van der Waals surface area contributed by atoms with E-state index < -0.39 is 44.0 Å². The third kappa shape index (κ3) is 11.0. The summed E-state index contributed by atoms with van der Waals surface area (Å²) in [7, 11) is -7.42. The van der Waals surface area contributed by atoms with Crippen LogP contribution < -0.4 is 0 Å². The molecule has 0 aromatic heterocycles. The number of hydrogen-bond acceptors (Lipinski definition) is 9. The lowest BCUT2D eigenvalue weighted by molar-refractivity contribution is 0.00753. The Morgan fingerprint density at radius 3 is 1.73 bits per heavy atom. The van der Waals surface area contributed by atoms with E-state index >= 15 is 0 Å². The minimum atomic E-state index is -3.74. The molecule has 2 aromatic carbocycles. The fourth-order valence-corrected chi connectivity index (χ4v) is 9.25. The van der Waals surface area contributed by atoms with Crippen LogP contribution in [0.15, 0.2) is 48.5 Å². The molecule has 0 amide bonds. The number of fused-ring (bicyclic) bond motifs is 1. The van der Waals surface area contributed by atoms with Crippen LogP contribution in [0, 0.1) is 35.3 Å². The summed E-state index contributed by atoms with van der Waals surface area (Å²) >= 11 is 0. The Morgan fingerprint density at radius 2 is 1.19 bits per heavy atom. The Morgan fingerprint density at radius 1 is 0.708 bits per heavy atom. The topological polar surface area (TPSA) is 136 Å². The zero-order valence-electron chi connectivity index (χ0n) is 27.6. The highest BCUT2D eigenvalue weighted by atomic mass is 32.2. The molecule has 2 aromatic rings. The molecular weight excluding hydrogens is 665 g/mol. The lowest BCUT2D eigenvalue weighted by Crippen LogP contribution is -2.41. The molecular formula is C34H48BF2O9S2. The maximum atomic E-state index is 13.4. The van der Waals surface area contributed by atoms with Crippen molar-refractivity contribution in [1.82, 2.24) is 0 Å². The predicted octanol–water partition coefficient (Wildman–Crippen LogP) is 4.76. The van der Waals surface area contributed by atoms with Crippen molar-refractivity contribution < 1.29 is 48.9 Å². The average molecular weight is 714 g/mol. The van der Waals surface area contributed by atoms with Crippen molar-refractivity contribution in [2.45, 2.75) is 76.4 Å². The van der Waals surface area contributed by atoms with Gasteiger partial charge >= 0.3 is 0 Å². The van der Waals surface area contributed by atoms with Crippen molar-refractivity contribution in [3.63, 3.8) is 0 Å². The van der Waals surface area contributed by atoms with Crippen molar-refractivity contribution in [2.24, 2.45) is 23.7 Å². The van der Waals surface area contributed by atoms with E-state index in [1.165, 1.54) is 24.3 Å². The number of halogens is 2. The summed E-state index contributed by atoms with van der Waals surface area (Å²) < 4.78 is 90.4. The molecule has 267 valence electrons. The highest BCUT2D eigenvalue weighted by Crippen LogP contribution is 2.45. The summed E-state index contributed by atoms with van der Waals surface area (Å²) in [4.78, 5) is 0. The van der Waals surface area contributed by atoms with E-state index in [4.69, 9.17) is 13.1 Å². The van der Waals surface area contributed by atoms with Gasteiger partial charge in [0.2, 0.25) is 0 Å². The first-order valence-corrected chi connectivity index (χ1v) is 19.7. The van der Waals surface area contributed by atoms with Gasteiger partial charge in [-0.3, -0.25) is 8.37 Å². The lowest BCUT2D eigenvalue weighted by Gasteiger charge is -2.41. The SMILES string of the molecule is CCCS(=O)(=O)OC[C@H]1CC[C@@H](O)[C@@H](c2ccc(F)cc2)[C@@H]1COS(=O)(=O)CCC.O[C@H]1CC[C@@H]2COC[C@H]2[C@@H]1c1ccc(F)cc1.[B]. The first-order chi connectivity index (χ1) is 22.3. The number of benzene rings is 2. The van der Waals surface area contributed by atoms with Crippen LogP contribution in [-0.4, -0.2) is 85.6 Å². The summed E-state index contributed by atoms with van der Waals surface area (Å²) in [6, 6.07) is 12.2. The maximum absolute atomic E-state index is 13.4. The van der Waals surface area contributed by atoms with Gasteiger partial charge in [0.15, 0.2) is 0 Å². The quantitative estimate of drug-likeness (QED) is 0.236. The van der Waals surface area contributed by atoms with Crippen molar-refractivity contribution >= 4 is 28.6 Å². The predicted molar refractivity (Wildman–Crippen MR) is 179 cm³/mol. The molecule has 0 bridgehead atoms. The molecule has 2 aliphatic carbocycles. The molecule has 3 fully saturated rings. The smallest absolute Gasteiger partial charge is 0.267 e. The molecule has 5 rings (SSSR count). The van der Waals surface area contributed by atoms with Gasteiger partial charge in [0.1, 0.15) is 11.6 Å². The summed E-state index contributed by atoms with van der Waals surface area (Å²) in [5.41, 5.74) is 1.69. The Kier molecular flexibility index (Phi) is 15.5. The van der Waals surface area contributed by atoms with Gasteiger partial charge < -0.3 is 14.9 Å². The Labute approximate surface area is 286 Å². The molecule has 14 heteroatoms. The van der Waals surface area contributed by atoms with Crippen LogP contribution in [0.25, 0.3) is 0 Å². The number of aliphatic hydroxyl groups excluding tert-OH is 2. The van der Waals surface area contributed by atoms with E-state index in [-0.39, 0.29) is 56.9 Å². The van der Waals surface area contributed by atoms with E-state index in [0.717, 1.165) is 31.6 Å². The molecule has 3 aliphatic rings. The van der Waals surface area contributed by atoms with Gasteiger partial charge in [0, 0.05) is 26.9 Å². The maximum Gasteiger partial charge on any atom is 0.267 e. The van der Waals surface area contributed by atoms with E-state index in [0.29, 0.717) is 43.1 Å². The Hall–Kier alpha value is -1.94. The van der Waals surface area contributed by atoms with Crippen molar-refractivity contribution in [2.75, 3.05) is 37.9 Å². The second-order valence-corrected chi connectivity index (χ2v) is 16.4. The lowest BCUT2D eigenvalue weighted by atomic mass is 9.68. The van der Waals surface area contributed by atoms with E-state index in [1.807, 2.05) is 0 Å². The molecule has 0 unspecified atom stereocenters. The molecule has 2 saturated carbocycles. The van der Waals surface area contributed by atoms with Gasteiger partial charge in [-0.2, -0.15) is 16.8 Å². The van der Waals surface area contributed by atoms with Crippen molar-refractivity contribution in [3.05, 3.63) is 71.3 Å². The number of aliphatic hydroxyl groups is 2. The largest absolute Gasteiger partial charge is 0.392 e. The van der Waals surface area contributed by atoms with Gasteiger partial charge in [0.05, 0.1) is 43.5 Å². The van der Waals surface area contributed by atoms with Crippen molar-refractivity contribution in [1.29, 1.82) is 0 Å². The molecule has 9 nitrogen and oxygen atoms in total. The molecule has 1 heterocycles. The van der Waals surface area contributed by atoms with Crippen LogP contribution >= 0.6 is 0 Å². The second-order valence-electron chi connectivity index (χ2n) is 12.9. The van der Waals surface area contributed by atoms with Gasteiger partial charge in [-0.05, 0) is 97.6 Å². The van der Waals surface area contributed by atoms with Crippen LogP contribution in [0.2, 0.25) is 0 Å². The summed E-state index contributed by atoms with van der Waals surface area (Å²) in [5, 5.41) is 20.9. The standard InChI is InChI=1S/C20H31FO7S2.C14H17FO2.B/c1-3-11-29(23,24)27-13-16-7-10-19(22)20(15-5-8-17(21)9-6-15)18(16)14-28-30(25,26)12-4-2;15-11-4-1-9(2-5-11)14-12-8-17-7-10(12)3-6-13(14)16;/h5-6,8-9,16,18-20,22H,3-4,7,10-14H2,1-2H3;1-2,4-5,10,12-14,16H,3,6-8H2;/t16-,18-,19-,20+;10-,12-,13+,14+;/m11./s1. The minimum absolute atomic E-state index is 0. The number of hydrogen-bond donors (Lipinski definition) is 2. The van der Waals surface area contributed by atoms with E-state index in [2.05, 4.69) is 0 Å². The van der Waals surface area contributed by atoms with Gasteiger partial charge in [-0.1, -0.05) is 38.1 Å². The molecule has 1 aliphatic heterocycles. The van der Waals surface area contributed by atoms with Gasteiger partial charge in [-0.25, -0.2) is 8.78 Å². The van der Waals surface area contributed by atoms with Gasteiger partial charge in [0.25, 0.3) is 20.2 Å². The van der Waals surface area contributed by atoms with Crippen LogP contribution in [0.1, 0.15) is 75.3 Å². The molecule has 3 radical (unpaired) electrons. The Bertz CT molecular complexity index is 1480. The monoisotopic (exact) mass is 713 g/mol. The molecule has 1 saturated heterocycles. The van der Waals surface area contributed by atoms with Crippen LogP contribution in [0.4, 0.5) is 8.78 Å². The fraction of sp³-hybridized carbons (Fsp3) is 0.647. The molecule has 2 N–H and O–H groups in total. The summed E-state index contributed by atoms with van der Waals surface area (Å²) in [5.74, 6) is -1.19. The zero-order chi connectivity index (χ0) is 34.2. The first kappa shape index (κ1) is 40.5. The van der Waals surface area contributed by atoms with Crippen LogP contribution in [0.5, 0.6) is 0 Å². The zero-order valence-corrected chi connectivity index (χ0v) is 29.3. The third-order valence-corrected chi connectivity index (χ3v) is 12.4. The van der Waals surface area contributed by atoms with Crippen molar-refractivity contribution in [3.8, 4) is 0 Å². The molecule has 8 atom stereocenters. The minimum Gasteiger partial charge on any atom is -0.392 e. The Balaban J connectivity index is 0.000000292. The first-order valence-electron chi connectivity index (χ1n) is 16.5. The normalized spacial score (nSPS) is 28.9. The number of rotatable bonds is 12. The average Bonchev–Trinajstić information content (AvgIpc) is 3.50. The number of ether oxygens (including phenoxy) is 1. The van der Waals surface area contributed by atoms with Crippen LogP contribution in [0.3, 0.4) is 0 Å². The van der Waals surface area contributed by atoms with Crippen LogP contribution in [-0.2, 0) is 33.3 Å². The van der Waals surface area contributed by atoms with E-state index in [1.54, 1.807) is 38.1 Å². The molecule has 0 spiro atoms.